The highest BCUT2D eigenvalue weighted by Crippen LogP contribution is 2.47. The Balaban J connectivity index is 2.25. The minimum absolute atomic E-state index is 0.0325. The molecule has 132 valence electrons. The molecule has 4 nitrogen and oxygen atoms in total. The van der Waals surface area contributed by atoms with Crippen molar-refractivity contribution in [2.24, 2.45) is 23.0 Å². The summed E-state index contributed by atoms with van der Waals surface area (Å²) in [4.78, 5) is 25.4. The zero-order valence-electron chi connectivity index (χ0n) is 15.1. The highest BCUT2D eigenvalue weighted by Gasteiger charge is 2.49. The van der Waals surface area contributed by atoms with E-state index in [4.69, 9.17) is 5.73 Å². The Morgan fingerprint density at radius 2 is 1.65 bits per heavy atom. The van der Waals surface area contributed by atoms with Gasteiger partial charge in [-0.15, -0.1) is 0 Å². The summed E-state index contributed by atoms with van der Waals surface area (Å²) in [5.74, 6) is 0.0841. The fourth-order valence-corrected chi connectivity index (χ4v) is 4.57. The number of hydrogen-bond donors (Lipinski definition) is 2. The van der Waals surface area contributed by atoms with Gasteiger partial charge >= 0.3 is 0 Å². The monoisotopic (exact) mass is 322 g/mol. The molecule has 0 bridgehead atoms. The summed E-state index contributed by atoms with van der Waals surface area (Å²) in [6.45, 7) is 5.99. The molecule has 2 aliphatic carbocycles. The van der Waals surface area contributed by atoms with Crippen LogP contribution in [0.15, 0.2) is 0 Å². The Kier molecular flexibility index (Phi) is 5.74. The molecule has 0 saturated heterocycles. The summed E-state index contributed by atoms with van der Waals surface area (Å²) in [6, 6.07) is 0. The molecule has 0 aromatic rings. The predicted molar refractivity (Wildman–Crippen MR) is 92.7 cm³/mol. The zero-order chi connectivity index (χ0) is 17.1. The molecule has 3 N–H and O–H groups in total. The van der Waals surface area contributed by atoms with Crippen LogP contribution in [0.2, 0.25) is 0 Å². The van der Waals surface area contributed by atoms with Gasteiger partial charge in [-0.3, -0.25) is 9.59 Å². The number of carbonyl (C=O) groups excluding carboxylic acids is 2. The van der Waals surface area contributed by atoms with Gasteiger partial charge < -0.3 is 11.1 Å². The van der Waals surface area contributed by atoms with Crippen LogP contribution in [0.1, 0.15) is 85.0 Å². The molecule has 4 heteroatoms. The van der Waals surface area contributed by atoms with Crippen LogP contribution in [-0.4, -0.2) is 17.4 Å². The lowest BCUT2D eigenvalue weighted by atomic mass is 9.62. The normalized spacial score (nSPS) is 23.4. The molecule has 2 aliphatic rings. The third-order valence-electron chi connectivity index (χ3n) is 5.76. The van der Waals surface area contributed by atoms with Crippen LogP contribution in [-0.2, 0) is 9.59 Å². The third kappa shape index (κ3) is 4.48. The number of nitrogens with two attached hydrogens (primary N) is 1. The van der Waals surface area contributed by atoms with Crippen LogP contribution in [0.3, 0.4) is 0 Å². The number of primary amides is 1. The summed E-state index contributed by atoms with van der Waals surface area (Å²) in [6.07, 6.45) is 10.4. The maximum Gasteiger partial charge on any atom is 0.224 e. The van der Waals surface area contributed by atoms with Gasteiger partial charge in [-0.2, -0.15) is 0 Å². The number of amides is 2. The lowest BCUT2D eigenvalue weighted by molar-refractivity contribution is -0.144. The molecule has 2 amide bonds. The molecule has 0 aromatic carbocycles. The van der Waals surface area contributed by atoms with E-state index in [2.05, 4.69) is 5.32 Å². The summed E-state index contributed by atoms with van der Waals surface area (Å²) in [5.41, 5.74) is 4.95. The van der Waals surface area contributed by atoms with Crippen LogP contribution in [0.4, 0.5) is 0 Å². The summed E-state index contributed by atoms with van der Waals surface area (Å²) in [7, 11) is 0. The van der Waals surface area contributed by atoms with Crippen LogP contribution in [0, 0.1) is 17.3 Å². The van der Waals surface area contributed by atoms with Crippen molar-refractivity contribution >= 4 is 11.8 Å². The lowest BCUT2D eigenvalue weighted by Gasteiger charge is -2.42. The van der Waals surface area contributed by atoms with E-state index in [1.807, 2.05) is 20.8 Å². The lowest BCUT2D eigenvalue weighted by Crippen LogP contribution is -2.54. The Hall–Kier alpha value is -1.06. The third-order valence-corrected chi connectivity index (χ3v) is 5.76. The Bertz CT molecular complexity index is 427. The summed E-state index contributed by atoms with van der Waals surface area (Å²) >= 11 is 0. The van der Waals surface area contributed by atoms with Gasteiger partial charge in [0.25, 0.3) is 0 Å². The molecule has 1 unspecified atom stereocenters. The molecule has 2 fully saturated rings. The van der Waals surface area contributed by atoms with Gasteiger partial charge in [-0.05, 0) is 46.0 Å². The maximum absolute atomic E-state index is 13.0. The van der Waals surface area contributed by atoms with Crippen molar-refractivity contribution in [1.29, 1.82) is 0 Å². The van der Waals surface area contributed by atoms with Crippen LogP contribution in [0.5, 0.6) is 0 Å². The van der Waals surface area contributed by atoms with E-state index in [0.29, 0.717) is 5.92 Å². The van der Waals surface area contributed by atoms with E-state index < -0.39 is 5.41 Å². The second-order valence-electron chi connectivity index (χ2n) is 8.76. The van der Waals surface area contributed by atoms with Gasteiger partial charge in [0.05, 0.1) is 11.3 Å². The summed E-state index contributed by atoms with van der Waals surface area (Å²) < 4.78 is 0. The highest BCUT2D eigenvalue weighted by molar-refractivity contribution is 5.90. The largest absolute Gasteiger partial charge is 0.369 e. The quantitative estimate of drug-likeness (QED) is 0.812. The van der Waals surface area contributed by atoms with E-state index in [-0.39, 0.29) is 23.3 Å². The van der Waals surface area contributed by atoms with E-state index in [0.717, 1.165) is 38.5 Å². The van der Waals surface area contributed by atoms with E-state index in [1.165, 1.54) is 25.7 Å². The Labute approximate surface area is 141 Å². The average Bonchev–Trinajstić information content (AvgIpc) is 2.96. The summed E-state index contributed by atoms with van der Waals surface area (Å²) in [5, 5.41) is 3.12. The van der Waals surface area contributed by atoms with Gasteiger partial charge in [0.15, 0.2) is 0 Å². The second kappa shape index (κ2) is 7.23. The first-order valence-corrected chi connectivity index (χ1v) is 9.36. The van der Waals surface area contributed by atoms with E-state index in [9.17, 15) is 9.59 Å². The van der Waals surface area contributed by atoms with Crippen LogP contribution < -0.4 is 11.1 Å². The van der Waals surface area contributed by atoms with Crippen molar-refractivity contribution in [1.82, 2.24) is 5.32 Å². The average molecular weight is 322 g/mol. The molecule has 0 radical (unpaired) electrons. The van der Waals surface area contributed by atoms with Crippen LogP contribution in [0.25, 0.3) is 0 Å². The zero-order valence-corrected chi connectivity index (χ0v) is 15.1. The van der Waals surface area contributed by atoms with Crippen molar-refractivity contribution in [3.05, 3.63) is 0 Å². The number of hydrogen-bond acceptors (Lipinski definition) is 2. The second-order valence-corrected chi connectivity index (χ2v) is 8.76. The Morgan fingerprint density at radius 3 is 2.13 bits per heavy atom. The van der Waals surface area contributed by atoms with Gasteiger partial charge in [0.1, 0.15) is 0 Å². The molecule has 1 atom stereocenters. The molecular weight excluding hydrogens is 288 g/mol. The van der Waals surface area contributed by atoms with Crippen molar-refractivity contribution in [2.75, 3.05) is 0 Å². The Morgan fingerprint density at radius 1 is 1.09 bits per heavy atom. The molecule has 0 aromatic heterocycles. The molecule has 2 saturated carbocycles. The number of carbonyl (C=O) groups is 2. The van der Waals surface area contributed by atoms with Crippen molar-refractivity contribution in [2.45, 2.75) is 90.5 Å². The molecule has 23 heavy (non-hydrogen) atoms. The first kappa shape index (κ1) is 18.3. The van der Waals surface area contributed by atoms with Crippen molar-refractivity contribution in [3.63, 3.8) is 0 Å². The molecule has 0 heterocycles. The minimum atomic E-state index is -0.629. The van der Waals surface area contributed by atoms with E-state index in [1.54, 1.807) is 0 Å². The SMILES string of the molecule is CC(C)(C)NC(=O)C(CC1CCCC1)C1(C(N)=O)CCCCC1. The molecule has 0 spiro atoms. The fraction of sp³-hybridized carbons (Fsp3) is 0.895. The minimum Gasteiger partial charge on any atom is -0.369 e. The first-order chi connectivity index (χ1) is 10.7. The molecule has 0 aliphatic heterocycles. The number of nitrogens with one attached hydrogen (secondary N) is 1. The standard InChI is InChI=1S/C19H34N2O2/c1-18(2,3)21-16(22)15(13-14-9-5-6-10-14)19(17(20)23)11-7-4-8-12-19/h14-15H,4-13H2,1-3H3,(H2,20,23)(H,21,22). The van der Waals surface area contributed by atoms with Crippen LogP contribution >= 0.6 is 0 Å². The smallest absolute Gasteiger partial charge is 0.224 e. The molecule has 2 rings (SSSR count). The number of rotatable bonds is 5. The van der Waals surface area contributed by atoms with Gasteiger partial charge in [0, 0.05) is 5.54 Å². The van der Waals surface area contributed by atoms with Gasteiger partial charge in [-0.25, -0.2) is 0 Å². The van der Waals surface area contributed by atoms with Crippen molar-refractivity contribution < 1.29 is 9.59 Å². The van der Waals surface area contributed by atoms with E-state index >= 15 is 0 Å². The van der Waals surface area contributed by atoms with Gasteiger partial charge in [0.2, 0.25) is 11.8 Å². The molecular formula is C19H34N2O2. The van der Waals surface area contributed by atoms with Crippen molar-refractivity contribution in [3.8, 4) is 0 Å². The maximum atomic E-state index is 13.0. The topological polar surface area (TPSA) is 72.2 Å². The first-order valence-electron chi connectivity index (χ1n) is 9.36. The fourth-order valence-electron chi connectivity index (χ4n) is 4.57. The highest BCUT2D eigenvalue weighted by atomic mass is 16.2. The predicted octanol–water partition coefficient (Wildman–Crippen LogP) is 3.53. The van der Waals surface area contributed by atoms with Gasteiger partial charge in [-0.1, -0.05) is 44.9 Å².